The number of aromatic nitrogens is 2. The van der Waals surface area contributed by atoms with E-state index in [9.17, 15) is 9.59 Å². The molecule has 1 aliphatic heterocycles. The molecule has 1 aromatic heterocycles. The first-order valence-electron chi connectivity index (χ1n) is 11.2. The highest BCUT2D eigenvalue weighted by Crippen LogP contribution is 2.21. The van der Waals surface area contributed by atoms with Gasteiger partial charge < -0.3 is 15.5 Å². The van der Waals surface area contributed by atoms with Crippen LogP contribution in [-0.4, -0.2) is 66.2 Å². The van der Waals surface area contributed by atoms with E-state index in [0.29, 0.717) is 22.8 Å². The Bertz CT molecular complexity index is 1130. The minimum absolute atomic E-state index is 0.122. The zero-order valence-corrected chi connectivity index (χ0v) is 20.5. The highest BCUT2D eigenvalue weighted by atomic mass is 35.5. The number of anilines is 2. The molecule has 2 heterocycles. The quantitative estimate of drug-likeness (QED) is 0.460. The lowest BCUT2D eigenvalue weighted by Gasteiger charge is -2.36. The van der Waals surface area contributed by atoms with E-state index in [0.717, 1.165) is 49.2 Å². The van der Waals surface area contributed by atoms with E-state index in [4.69, 9.17) is 11.6 Å². The SMILES string of the molecule is Cc1nnc(C(=O)Nc2ccc(C(=O)NCCCN3CCN(c4cccc(Cl)c4)CC3)cc2)s1. The zero-order chi connectivity index (χ0) is 23.9. The predicted octanol–water partition coefficient (Wildman–Crippen LogP) is 3.69. The molecule has 1 fully saturated rings. The van der Waals surface area contributed by atoms with E-state index < -0.39 is 0 Å². The number of nitrogens with one attached hydrogen (secondary N) is 2. The van der Waals surface area contributed by atoms with Crippen LogP contribution in [0.3, 0.4) is 0 Å². The number of hydrogen-bond donors (Lipinski definition) is 2. The van der Waals surface area contributed by atoms with Crippen molar-refractivity contribution in [2.24, 2.45) is 0 Å². The van der Waals surface area contributed by atoms with Gasteiger partial charge in [0.2, 0.25) is 5.01 Å². The van der Waals surface area contributed by atoms with E-state index in [-0.39, 0.29) is 11.8 Å². The Hall–Kier alpha value is -3.01. The summed E-state index contributed by atoms with van der Waals surface area (Å²) >= 11 is 7.34. The highest BCUT2D eigenvalue weighted by Gasteiger charge is 2.17. The van der Waals surface area contributed by atoms with Crippen LogP contribution in [0.1, 0.15) is 31.6 Å². The Kier molecular flexibility index (Phi) is 8.10. The Morgan fingerprint density at radius 3 is 2.47 bits per heavy atom. The van der Waals surface area contributed by atoms with Gasteiger partial charge in [0.05, 0.1) is 0 Å². The molecule has 2 aromatic carbocycles. The van der Waals surface area contributed by atoms with Gasteiger partial charge in [-0.3, -0.25) is 14.5 Å². The molecule has 0 bridgehead atoms. The average Bonchev–Trinajstić information content (AvgIpc) is 3.29. The van der Waals surface area contributed by atoms with Crippen LogP contribution >= 0.6 is 22.9 Å². The first-order chi connectivity index (χ1) is 16.5. The number of nitrogens with zero attached hydrogens (tertiary/aromatic N) is 4. The summed E-state index contributed by atoms with van der Waals surface area (Å²) in [6.07, 6.45) is 0.887. The van der Waals surface area contributed by atoms with Crippen molar-refractivity contribution in [3.8, 4) is 0 Å². The summed E-state index contributed by atoms with van der Waals surface area (Å²) in [5.74, 6) is -0.431. The molecule has 8 nitrogen and oxygen atoms in total. The van der Waals surface area contributed by atoms with Crippen molar-refractivity contribution < 1.29 is 9.59 Å². The third kappa shape index (κ3) is 6.53. The topological polar surface area (TPSA) is 90.5 Å². The second kappa shape index (κ2) is 11.4. The second-order valence-electron chi connectivity index (χ2n) is 8.08. The summed E-state index contributed by atoms with van der Waals surface area (Å²) in [5, 5.41) is 15.2. The highest BCUT2D eigenvalue weighted by molar-refractivity contribution is 7.13. The van der Waals surface area contributed by atoms with E-state index in [1.54, 1.807) is 31.2 Å². The van der Waals surface area contributed by atoms with Gasteiger partial charge >= 0.3 is 0 Å². The summed E-state index contributed by atoms with van der Waals surface area (Å²) < 4.78 is 0. The first kappa shape index (κ1) is 24.1. The minimum atomic E-state index is -0.309. The fourth-order valence-corrected chi connectivity index (χ4v) is 4.56. The molecule has 3 aromatic rings. The summed E-state index contributed by atoms with van der Waals surface area (Å²) in [7, 11) is 0. The first-order valence-corrected chi connectivity index (χ1v) is 12.4. The Balaban J connectivity index is 1.15. The maximum atomic E-state index is 12.4. The molecular weight excluding hydrogens is 472 g/mol. The van der Waals surface area contributed by atoms with Crippen molar-refractivity contribution in [3.63, 3.8) is 0 Å². The molecule has 1 aliphatic rings. The summed E-state index contributed by atoms with van der Waals surface area (Å²) in [5.41, 5.74) is 2.33. The fraction of sp³-hybridized carbons (Fsp3) is 0.333. The second-order valence-corrected chi connectivity index (χ2v) is 9.69. The van der Waals surface area contributed by atoms with Crippen molar-refractivity contribution >= 4 is 46.1 Å². The number of carbonyl (C=O) groups excluding carboxylic acids is 2. The van der Waals surface area contributed by atoms with Crippen LogP contribution in [-0.2, 0) is 0 Å². The van der Waals surface area contributed by atoms with Gasteiger partial charge in [-0.25, -0.2) is 0 Å². The molecule has 0 aliphatic carbocycles. The van der Waals surface area contributed by atoms with Crippen LogP contribution in [0.15, 0.2) is 48.5 Å². The normalized spacial score (nSPS) is 14.1. The number of carbonyl (C=O) groups is 2. The molecule has 0 atom stereocenters. The lowest BCUT2D eigenvalue weighted by molar-refractivity contribution is 0.0951. The van der Waals surface area contributed by atoms with Crippen LogP contribution in [0.25, 0.3) is 0 Å². The number of benzene rings is 2. The molecule has 10 heteroatoms. The smallest absolute Gasteiger partial charge is 0.286 e. The molecule has 0 spiro atoms. The van der Waals surface area contributed by atoms with Crippen LogP contribution in [0.4, 0.5) is 11.4 Å². The number of amides is 2. The fourth-order valence-electron chi connectivity index (χ4n) is 3.79. The number of piperazine rings is 1. The third-order valence-corrected chi connectivity index (χ3v) is 6.68. The van der Waals surface area contributed by atoms with Crippen molar-refractivity contribution in [1.82, 2.24) is 20.4 Å². The van der Waals surface area contributed by atoms with Crippen LogP contribution < -0.4 is 15.5 Å². The molecule has 4 rings (SSSR count). The Morgan fingerprint density at radius 2 is 1.79 bits per heavy atom. The summed E-state index contributed by atoms with van der Waals surface area (Å²) in [6, 6.07) is 14.8. The molecule has 1 saturated heterocycles. The van der Waals surface area contributed by atoms with Crippen molar-refractivity contribution in [2.45, 2.75) is 13.3 Å². The van der Waals surface area contributed by atoms with Crippen LogP contribution in [0.2, 0.25) is 5.02 Å². The monoisotopic (exact) mass is 498 g/mol. The van der Waals surface area contributed by atoms with Gasteiger partial charge in [-0.15, -0.1) is 10.2 Å². The zero-order valence-electron chi connectivity index (χ0n) is 19.0. The van der Waals surface area contributed by atoms with E-state index in [2.05, 4.69) is 36.7 Å². The largest absolute Gasteiger partial charge is 0.369 e. The van der Waals surface area contributed by atoms with E-state index in [1.165, 1.54) is 17.0 Å². The Labute approximate surface area is 207 Å². The average molecular weight is 499 g/mol. The number of rotatable bonds is 8. The lowest BCUT2D eigenvalue weighted by Crippen LogP contribution is -2.47. The molecule has 34 heavy (non-hydrogen) atoms. The van der Waals surface area contributed by atoms with Gasteiger partial charge in [0, 0.05) is 54.7 Å². The third-order valence-electron chi connectivity index (χ3n) is 5.61. The predicted molar refractivity (Wildman–Crippen MR) is 136 cm³/mol. The van der Waals surface area contributed by atoms with Crippen LogP contribution in [0.5, 0.6) is 0 Å². The van der Waals surface area contributed by atoms with Crippen molar-refractivity contribution in [2.75, 3.05) is 49.5 Å². The maximum Gasteiger partial charge on any atom is 0.286 e. The van der Waals surface area contributed by atoms with Gasteiger partial charge in [0.1, 0.15) is 5.01 Å². The van der Waals surface area contributed by atoms with E-state index >= 15 is 0 Å². The van der Waals surface area contributed by atoms with Gasteiger partial charge in [-0.1, -0.05) is 29.0 Å². The van der Waals surface area contributed by atoms with Gasteiger partial charge in [-0.05, 0) is 62.4 Å². The molecular formula is C24H27ClN6O2S. The number of halogens is 1. The molecule has 178 valence electrons. The molecule has 2 N–H and O–H groups in total. The molecule has 0 unspecified atom stereocenters. The Morgan fingerprint density at radius 1 is 1.03 bits per heavy atom. The molecule has 0 saturated carbocycles. The summed E-state index contributed by atoms with van der Waals surface area (Å²) in [6.45, 7) is 7.27. The van der Waals surface area contributed by atoms with Crippen LogP contribution in [0, 0.1) is 6.92 Å². The maximum absolute atomic E-state index is 12.4. The lowest BCUT2D eigenvalue weighted by atomic mass is 10.2. The minimum Gasteiger partial charge on any atom is -0.369 e. The molecule has 0 radical (unpaired) electrons. The van der Waals surface area contributed by atoms with Crippen molar-refractivity contribution in [3.05, 3.63) is 69.1 Å². The number of hydrogen-bond acceptors (Lipinski definition) is 7. The van der Waals surface area contributed by atoms with Gasteiger partial charge in [0.15, 0.2) is 0 Å². The van der Waals surface area contributed by atoms with Gasteiger partial charge in [-0.2, -0.15) is 0 Å². The van der Waals surface area contributed by atoms with Crippen molar-refractivity contribution in [1.29, 1.82) is 0 Å². The van der Waals surface area contributed by atoms with E-state index in [1.807, 2.05) is 18.2 Å². The summed E-state index contributed by atoms with van der Waals surface area (Å²) in [4.78, 5) is 29.4. The molecule has 2 amide bonds. The number of aryl methyl sites for hydroxylation is 1. The van der Waals surface area contributed by atoms with Gasteiger partial charge in [0.25, 0.3) is 11.8 Å². The standard InChI is InChI=1S/C24H27ClN6O2S/c1-17-28-29-24(34-17)23(33)27-20-8-6-18(7-9-20)22(32)26-10-3-11-30-12-14-31(15-13-30)21-5-2-4-19(25)16-21/h2,4-9,16H,3,10-15H2,1H3,(H,26,32)(H,27,33).